The maximum atomic E-state index is 13.2. The molecular formula is C30H27FN4O2. The van der Waals surface area contributed by atoms with E-state index in [4.69, 9.17) is 0 Å². The molecule has 0 spiro atoms. The maximum Gasteiger partial charge on any atom is 0.253 e. The molecular weight excluding hydrogens is 467 g/mol. The third-order valence-corrected chi connectivity index (χ3v) is 7.38. The maximum absolute atomic E-state index is 13.2. The highest BCUT2D eigenvalue weighted by Crippen LogP contribution is 2.48. The van der Waals surface area contributed by atoms with Crippen molar-refractivity contribution in [2.24, 2.45) is 5.92 Å². The fourth-order valence-corrected chi connectivity index (χ4v) is 5.12. The van der Waals surface area contributed by atoms with Crippen LogP contribution in [0, 0.1) is 11.7 Å². The van der Waals surface area contributed by atoms with E-state index in [9.17, 15) is 14.0 Å². The monoisotopic (exact) mass is 494 g/mol. The number of hydrogen-bond acceptors (Lipinski definition) is 4. The molecule has 2 aliphatic rings. The Morgan fingerprint density at radius 1 is 0.865 bits per heavy atom. The smallest absolute Gasteiger partial charge is 0.253 e. The quantitative estimate of drug-likeness (QED) is 0.420. The largest absolute Gasteiger partial charge is 0.368 e. The lowest BCUT2D eigenvalue weighted by Gasteiger charge is -2.36. The summed E-state index contributed by atoms with van der Waals surface area (Å²) in [6.07, 6.45) is 4.36. The average molecular weight is 495 g/mol. The fourth-order valence-electron chi connectivity index (χ4n) is 5.12. The molecule has 1 N–H and O–H groups in total. The number of anilines is 2. The van der Waals surface area contributed by atoms with E-state index in [-0.39, 0.29) is 29.5 Å². The Bertz CT molecular complexity index is 1450. The number of piperazine rings is 1. The normalized spacial score (nSPS) is 19.1. The topological polar surface area (TPSA) is 65.5 Å². The van der Waals surface area contributed by atoms with Crippen molar-refractivity contribution in [3.05, 3.63) is 102 Å². The molecule has 2 fully saturated rings. The number of halogens is 1. The summed E-state index contributed by atoms with van der Waals surface area (Å²) in [5.74, 6) is -0.0937. The predicted octanol–water partition coefficient (Wildman–Crippen LogP) is 5.08. The van der Waals surface area contributed by atoms with Crippen molar-refractivity contribution in [3.8, 4) is 0 Å². The van der Waals surface area contributed by atoms with Crippen molar-refractivity contribution >= 4 is 34.0 Å². The molecule has 4 aromatic rings. The number of aromatic nitrogens is 1. The van der Waals surface area contributed by atoms with Crippen molar-refractivity contribution < 1.29 is 14.0 Å². The molecule has 186 valence electrons. The minimum atomic E-state index is -0.248. The van der Waals surface area contributed by atoms with Crippen molar-refractivity contribution in [2.45, 2.75) is 12.3 Å². The number of carbonyl (C=O) groups excluding carboxylic acids is 2. The molecule has 6 nitrogen and oxygen atoms in total. The van der Waals surface area contributed by atoms with Gasteiger partial charge in [0.1, 0.15) is 5.82 Å². The summed E-state index contributed by atoms with van der Waals surface area (Å²) < 4.78 is 13.2. The number of fused-ring (bicyclic) bond motifs is 1. The van der Waals surface area contributed by atoms with Crippen LogP contribution in [0.1, 0.15) is 28.3 Å². The van der Waals surface area contributed by atoms with E-state index >= 15 is 0 Å². The van der Waals surface area contributed by atoms with Crippen molar-refractivity contribution in [1.29, 1.82) is 0 Å². The summed E-state index contributed by atoms with van der Waals surface area (Å²) in [5, 5.41) is 5.12. The second kappa shape index (κ2) is 9.65. The number of carbonyl (C=O) groups is 2. The molecule has 1 aliphatic heterocycles. The lowest BCUT2D eigenvalue weighted by molar-refractivity contribution is -0.117. The number of rotatable bonds is 5. The van der Waals surface area contributed by atoms with Crippen LogP contribution in [0.4, 0.5) is 15.8 Å². The van der Waals surface area contributed by atoms with Crippen LogP contribution in [0.2, 0.25) is 0 Å². The number of nitrogens with one attached hydrogen (secondary N) is 1. The van der Waals surface area contributed by atoms with Gasteiger partial charge in [-0.05, 0) is 77.9 Å². The van der Waals surface area contributed by atoms with E-state index in [1.165, 1.54) is 12.1 Å². The molecule has 1 saturated carbocycles. The molecule has 0 radical (unpaired) electrons. The van der Waals surface area contributed by atoms with E-state index in [0.29, 0.717) is 31.7 Å². The Kier molecular flexibility index (Phi) is 6.04. The second-order valence-electron chi connectivity index (χ2n) is 9.75. The van der Waals surface area contributed by atoms with Gasteiger partial charge in [0, 0.05) is 66.8 Å². The van der Waals surface area contributed by atoms with E-state index in [0.717, 1.165) is 34.1 Å². The molecule has 1 aliphatic carbocycles. The highest BCUT2D eigenvalue weighted by Gasteiger charge is 2.44. The van der Waals surface area contributed by atoms with Crippen LogP contribution < -0.4 is 10.2 Å². The molecule has 0 bridgehead atoms. The Morgan fingerprint density at radius 2 is 1.62 bits per heavy atom. The summed E-state index contributed by atoms with van der Waals surface area (Å²) in [4.78, 5) is 34.0. The third kappa shape index (κ3) is 4.89. The van der Waals surface area contributed by atoms with E-state index in [1.54, 1.807) is 24.5 Å². The van der Waals surface area contributed by atoms with Crippen LogP contribution in [0.3, 0.4) is 0 Å². The Labute approximate surface area is 214 Å². The number of pyridine rings is 1. The van der Waals surface area contributed by atoms with Gasteiger partial charge in [0.05, 0.1) is 0 Å². The van der Waals surface area contributed by atoms with Crippen LogP contribution in [-0.4, -0.2) is 47.9 Å². The van der Waals surface area contributed by atoms with Gasteiger partial charge in [-0.15, -0.1) is 0 Å². The molecule has 7 heteroatoms. The zero-order chi connectivity index (χ0) is 25.4. The molecule has 37 heavy (non-hydrogen) atoms. The summed E-state index contributed by atoms with van der Waals surface area (Å²) >= 11 is 0. The highest BCUT2D eigenvalue weighted by molar-refractivity contribution is 5.97. The molecule has 6 rings (SSSR count). The molecule has 0 unspecified atom stereocenters. The number of nitrogens with zero attached hydrogens (tertiary/aromatic N) is 3. The first-order valence-electron chi connectivity index (χ1n) is 12.6. The minimum Gasteiger partial charge on any atom is -0.368 e. The van der Waals surface area contributed by atoms with Crippen molar-refractivity contribution in [2.75, 3.05) is 36.4 Å². The van der Waals surface area contributed by atoms with E-state index in [2.05, 4.69) is 15.2 Å². The number of benzene rings is 3. The van der Waals surface area contributed by atoms with Crippen LogP contribution >= 0.6 is 0 Å². The highest BCUT2D eigenvalue weighted by atomic mass is 19.1. The van der Waals surface area contributed by atoms with Crippen molar-refractivity contribution in [1.82, 2.24) is 9.88 Å². The second-order valence-corrected chi connectivity index (χ2v) is 9.75. The van der Waals surface area contributed by atoms with Gasteiger partial charge < -0.3 is 15.1 Å². The minimum absolute atomic E-state index is 0.0156. The SMILES string of the molecule is O=C(Nc1ccc2cnccc2c1)[C@@H]1C[C@H]1c1ccc(C(=O)N2CCN(c3ccc(F)cc3)CC2)cc1. The molecule has 3 aromatic carbocycles. The third-order valence-electron chi connectivity index (χ3n) is 7.38. The van der Waals surface area contributed by atoms with Gasteiger partial charge in [-0.3, -0.25) is 14.6 Å². The van der Waals surface area contributed by atoms with Gasteiger partial charge in [0.2, 0.25) is 5.91 Å². The summed E-state index contributed by atoms with van der Waals surface area (Å²) in [6.45, 7) is 2.66. The van der Waals surface area contributed by atoms with E-state index < -0.39 is 0 Å². The first-order valence-corrected chi connectivity index (χ1v) is 12.6. The zero-order valence-corrected chi connectivity index (χ0v) is 20.3. The van der Waals surface area contributed by atoms with Crippen LogP contribution in [0.15, 0.2) is 85.2 Å². The van der Waals surface area contributed by atoms with Gasteiger partial charge >= 0.3 is 0 Å². The Hall–Kier alpha value is -4.26. The Balaban J connectivity index is 1.03. The average Bonchev–Trinajstić information content (AvgIpc) is 3.75. The van der Waals surface area contributed by atoms with Gasteiger partial charge in [-0.2, -0.15) is 0 Å². The van der Waals surface area contributed by atoms with Crippen LogP contribution in [-0.2, 0) is 4.79 Å². The first-order chi connectivity index (χ1) is 18.0. The fraction of sp³-hybridized carbons (Fsp3) is 0.233. The number of hydrogen-bond donors (Lipinski definition) is 1. The number of amides is 2. The van der Waals surface area contributed by atoms with Gasteiger partial charge in [0.25, 0.3) is 5.91 Å². The Morgan fingerprint density at radius 3 is 2.38 bits per heavy atom. The van der Waals surface area contributed by atoms with Gasteiger partial charge in [-0.1, -0.05) is 18.2 Å². The van der Waals surface area contributed by atoms with Gasteiger partial charge in [-0.25, -0.2) is 4.39 Å². The molecule has 2 atom stereocenters. The molecule has 2 heterocycles. The first kappa shape index (κ1) is 23.2. The zero-order valence-electron chi connectivity index (χ0n) is 20.3. The molecule has 1 aromatic heterocycles. The summed E-state index contributed by atoms with van der Waals surface area (Å²) in [7, 11) is 0. The standard InChI is InChI=1S/C30H27FN4O2/c31-24-6-9-26(10-7-24)34-13-15-35(16-14-34)30(37)21-3-1-20(2-4-21)27-18-28(27)29(36)33-25-8-5-23-19-32-12-11-22(23)17-25/h1-12,17,19,27-28H,13-16,18H2,(H,33,36)/t27-,28+/m0/s1. The van der Waals surface area contributed by atoms with Gasteiger partial charge in [0.15, 0.2) is 0 Å². The lowest BCUT2D eigenvalue weighted by atomic mass is 10.1. The lowest BCUT2D eigenvalue weighted by Crippen LogP contribution is -2.48. The van der Waals surface area contributed by atoms with Crippen LogP contribution in [0.5, 0.6) is 0 Å². The summed E-state index contributed by atoms with van der Waals surface area (Å²) in [6, 6.07) is 21.9. The van der Waals surface area contributed by atoms with Crippen molar-refractivity contribution in [3.63, 3.8) is 0 Å². The molecule has 2 amide bonds. The predicted molar refractivity (Wildman–Crippen MR) is 142 cm³/mol. The molecule has 1 saturated heterocycles. The van der Waals surface area contributed by atoms with E-state index in [1.807, 2.05) is 53.4 Å². The summed E-state index contributed by atoms with van der Waals surface area (Å²) in [5.41, 5.74) is 3.50. The van der Waals surface area contributed by atoms with Crippen LogP contribution in [0.25, 0.3) is 10.8 Å².